The molecule has 2 rings (SSSR count). The van der Waals surface area contributed by atoms with E-state index in [1.165, 1.54) is 31.3 Å². The minimum Gasteiger partial charge on any atom is -0.497 e. The van der Waals surface area contributed by atoms with Crippen molar-refractivity contribution in [2.75, 3.05) is 33.9 Å². The normalized spacial score (nSPS) is 15.1. The van der Waals surface area contributed by atoms with Crippen molar-refractivity contribution >= 4 is 23.7 Å². The summed E-state index contributed by atoms with van der Waals surface area (Å²) in [5.41, 5.74) is 5.56. The number of nitrogens with one attached hydrogen (secondary N) is 1. The van der Waals surface area contributed by atoms with Crippen molar-refractivity contribution in [3.8, 4) is 11.5 Å². The summed E-state index contributed by atoms with van der Waals surface area (Å²) in [6.45, 7) is 3.84. The Hall–Kier alpha value is -3.30. The first-order chi connectivity index (χ1) is 15.2. The van der Waals surface area contributed by atoms with E-state index in [9.17, 15) is 19.2 Å². The number of esters is 1. The zero-order valence-electron chi connectivity index (χ0n) is 18.9. The van der Waals surface area contributed by atoms with Gasteiger partial charge in [0.15, 0.2) is 6.61 Å². The molecule has 10 heteroatoms. The average molecular weight is 450 g/mol. The average Bonchev–Trinajstić information content (AvgIpc) is 2.79. The summed E-state index contributed by atoms with van der Waals surface area (Å²) < 4.78 is 15.5. The standard InChI is InChI=1S/C22H31N3O7/c1-13(2)19(24-21(28)15-9-16(30-3)11-17(10-15)31-4)22(29)32-12-18(26)25-7-5-14(6-8-25)20(23)27/h9-11,13-14,19H,5-8,12H2,1-4H3,(H2,23,27)(H,24,28). The summed E-state index contributed by atoms with van der Waals surface area (Å²) >= 11 is 0. The molecule has 1 aliphatic rings. The van der Waals surface area contributed by atoms with Crippen molar-refractivity contribution in [2.45, 2.75) is 32.7 Å². The zero-order chi connectivity index (χ0) is 23.8. The Labute approximate surface area is 187 Å². The number of rotatable bonds is 9. The molecule has 3 amide bonds. The van der Waals surface area contributed by atoms with Crippen LogP contribution in [0.15, 0.2) is 18.2 Å². The first-order valence-corrected chi connectivity index (χ1v) is 10.4. The molecule has 0 bridgehead atoms. The lowest BCUT2D eigenvalue weighted by Crippen LogP contribution is -2.47. The van der Waals surface area contributed by atoms with Gasteiger partial charge in [-0.1, -0.05) is 13.8 Å². The van der Waals surface area contributed by atoms with Crippen LogP contribution in [0, 0.1) is 11.8 Å². The topological polar surface area (TPSA) is 137 Å². The van der Waals surface area contributed by atoms with Gasteiger partial charge in [-0.15, -0.1) is 0 Å². The minimum absolute atomic E-state index is 0.239. The Balaban J connectivity index is 1.96. The summed E-state index contributed by atoms with van der Waals surface area (Å²) in [6, 6.07) is 3.73. The number of piperidine rings is 1. The van der Waals surface area contributed by atoms with Crippen LogP contribution in [-0.2, 0) is 19.1 Å². The number of hydrogen-bond donors (Lipinski definition) is 2. The molecular formula is C22H31N3O7. The fourth-order valence-corrected chi connectivity index (χ4v) is 3.39. The Kier molecular flexibility index (Phi) is 8.86. The molecule has 1 aromatic rings. The number of primary amides is 1. The minimum atomic E-state index is -0.951. The van der Waals surface area contributed by atoms with Gasteiger partial charge >= 0.3 is 5.97 Å². The van der Waals surface area contributed by atoms with Gasteiger partial charge in [-0.25, -0.2) is 4.79 Å². The van der Waals surface area contributed by atoms with Gasteiger partial charge in [0.05, 0.1) is 14.2 Å². The molecule has 1 aliphatic heterocycles. The van der Waals surface area contributed by atoms with Crippen molar-refractivity contribution in [3.63, 3.8) is 0 Å². The maximum Gasteiger partial charge on any atom is 0.329 e. The Morgan fingerprint density at radius 3 is 2.09 bits per heavy atom. The molecule has 1 heterocycles. The van der Waals surface area contributed by atoms with Gasteiger partial charge in [-0.05, 0) is 30.9 Å². The van der Waals surface area contributed by atoms with E-state index in [1.54, 1.807) is 19.9 Å². The zero-order valence-corrected chi connectivity index (χ0v) is 18.9. The first kappa shape index (κ1) is 25.0. The number of hydrogen-bond acceptors (Lipinski definition) is 7. The molecule has 1 atom stereocenters. The quantitative estimate of drug-likeness (QED) is 0.530. The highest BCUT2D eigenvalue weighted by Gasteiger charge is 2.29. The van der Waals surface area contributed by atoms with Gasteiger partial charge in [-0.2, -0.15) is 0 Å². The molecule has 0 aliphatic carbocycles. The molecule has 0 spiro atoms. The lowest BCUT2D eigenvalue weighted by molar-refractivity contribution is -0.155. The van der Waals surface area contributed by atoms with E-state index in [1.807, 2.05) is 0 Å². The van der Waals surface area contributed by atoms with Crippen LogP contribution in [0.25, 0.3) is 0 Å². The van der Waals surface area contributed by atoms with Crippen LogP contribution in [-0.4, -0.2) is 68.5 Å². The molecule has 176 valence electrons. The number of benzene rings is 1. The van der Waals surface area contributed by atoms with E-state index in [4.69, 9.17) is 19.9 Å². The summed E-state index contributed by atoms with van der Waals surface area (Å²) in [6.07, 6.45) is 0.980. The van der Waals surface area contributed by atoms with Crippen molar-refractivity contribution in [1.82, 2.24) is 10.2 Å². The summed E-state index contributed by atoms with van der Waals surface area (Å²) in [4.78, 5) is 50.5. The molecule has 0 radical (unpaired) electrons. The largest absolute Gasteiger partial charge is 0.497 e. The SMILES string of the molecule is COc1cc(OC)cc(C(=O)NC(C(=O)OCC(=O)N2CCC(C(N)=O)CC2)C(C)C)c1. The number of amides is 3. The molecule has 0 saturated carbocycles. The van der Waals surface area contributed by atoms with Gasteiger partial charge in [-0.3, -0.25) is 14.4 Å². The number of ether oxygens (including phenoxy) is 3. The summed E-state index contributed by atoms with van der Waals surface area (Å²) in [5, 5.41) is 2.66. The van der Waals surface area contributed by atoms with Crippen LogP contribution >= 0.6 is 0 Å². The summed E-state index contributed by atoms with van der Waals surface area (Å²) in [5.74, 6) is -1.58. The lowest BCUT2D eigenvalue weighted by atomic mass is 9.96. The van der Waals surface area contributed by atoms with Gasteiger partial charge < -0.3 is 30.2 Å². The molecule has 3 N–H and O–H groups in total. The third-order valence-electron chi connectivity index (χ3n) is 5.41. The Morgan fingerprint density at radius 2 is 1.62 bits per heavy atom. The van der Waals surface area contributed by atoms with Crippen molar-refractivity contribution in [3.05, 3.63) is 23.8 Å². The van der Waals surface area contributed by atoms with E-state index >= 15 is 0 Å². The van der Waals surface area contributed by atoms with Crippen LogP contribution in [0.2, 0.25) is 0 Å². The number of carbonyl (C=O) groups is 4. The summed E-state index contributed by atoms with van der Waals surface area (Å²) in [7, 11) is 2.94. The molecular weight excluding hydrogens is 418 g/mol. The highest BCUT2D eigenvalue weighted by molar-refractivity contribution is 5.97. The molecule has 0 aromatic heterocycles. The van der Waals surface area contributed by atoms with Crippen molar-refractivity contribution < 1.29 is 33.4 Å². The highest BCUT2D eigenvalue weighted by atomic mass is 16.5. The predicted molar refractivity (Wildman–Crippen MR) is 115 cm³/mol. The molecule has 1 fully saturated rings. The van der Waals surface area contributed by atoms with Crippen LogP contribution in [0.5, 0.6) is 11.5 Å². The number of carbonyl (C=O) groups excluding carboxylic acids is 4. The fraction of sp³-hybridized carbons (Fsp3) is 0.545. The van der Waals surface area contributed by atoms with Gasteiger partial charge in [0.1, 0.15) is 17.5 Å². The molecule has 1 unspecified atom stereocenters. The van der Waals surface area contributed by atoms with E-state index in [2.05, 4.69) is 5.32 Å². The molecule has 32 heavy (non-hydrogen) atoms. The van der Waals surface area contributed by atoms with Crippen LogP contribution in [0.4, 0.5) is 0 Å². The highest BCUT2D eigenvalue weighted by Crippen LogP contribution is 2.23. The van der Waals surface area contributed by atoms with Crippen molar-refractivity contribution in [2.24, 2.45) is 17.6 Å². The Bertz CT molecular complexity index is 826. The third kappa shape index (κ3) is 6.60. The second-order valence-electron chi connectivity index (χ2n) is 7.96. The second-order valence-corrected chi connectivity index (χ2v) is 7.96. The fourth-order valence-electron chi connectivity index (χ4n) is 3.39. The first-order valence-electron chi connectivity index (χ1n) is 10.4. The van der Waals surface area contributed by atoms with Gasteiger partial charge in [0.25, 0.3) is 11.8 Å². The van der Waals surface area contributed by atoms with Crippen LogP contribution < -0.4 is 20.5 Å². The molecule has 10 nitrogen and oxygen atoms in total. The van der Waals surface area contributed by atoms with Gasteiger partial charge in [0, 0.05) is 30.6 Å². The van der Waals surface area contributed by atoms with Crippen LogP contribution in [0.3, 0.4) is 0 Å². The monoisotopic (exact) mass is 449 g/mol. The lowest BCUT2D eigenvalue weighted by Gasteiger charge is -2.30. The number of likely N-dealkylation sites (tertiary alicyclic amines) is 1. The predicted octanol–water partition coefficient (Wildman–Crippen LogP) is 0.725. The van der Waals surface area contributed by atoms with E-state index in [0.717, 1.165) is 0 Å². The Morgan fingerprint density at radius 1 is 1.06 bits per heavy atom. The van der Waals surface area contributed by atoms with Crippen molar-refractivity contribution in [1.29, 1.82) is 0 Å². The van der Waals surface area contributed by atoms with E-state index < -0.39 is 24.5 Å². The number of methoxy groups -OCH3 is 2. The number of nitrogens with zero attached hydrogens (tertiary/aromatic N) is 1. The smallest absolute Gasteiger partial charge is 0.329 e. The molecule has 1 aromatic carbocycles. The second kappa shape index (κ2) is 11.4. The maximum atomic E-state index is 12.7. The van der Waals surface area contributed by atoms with Gasteiger partial charge in [0.2, 0.25) is 5.91 Å². The molecule has 1 saturated heterocycles. The number of nitrogens with two attached hydrogens (primary N) is 1. The third-order valence-corrected chi connectivity index (χ3v) is 5.41. The van der Waals surface area contributed by atoms with E-state index in [0.29, 0.717) is 37.4 Å². The van der Waals surface area contributed by atoms with Crippen LogP contribution in [0.1, 0.15) is 37.0 Å². The maximum absolute atomic E-state index is 12.7. The van der Waals surface area contributed by atoms with E-state index in [-0.39, 0.29) is 29.2 Å².